The summed E-state index contributed by atoms with van der Waals surface area (Å²) in [5.41, 5.74) is 2.51. The maximum atomic E-state index is 12.8. The number of hydrogen-bond donors (Lipinski definition) is 0. The van der Waals surface area contributed by atoms with Gasteiger partial charge in [0.2, 0.25) is 5.84 Å². The van der Waals surface area contributed by atoms with Gasteiger partial charge in [-0.1, -0.05) is 29.4 Å². The SMILES string of the molecule is Cc1cccc(/C(=N\OCc2cccc(N3C(=O)c4ccccc4C3=O)n2)n2nnnc2C)n1. The van der Waals surface area contributed by atoms with Crippen LogP contribution in [0.5, 0.6) is 0 Å². The van der Waals surface area contributed by atoms with Crippen LogP contribution in [-0.4, -0.2) is 47.8 Å². The first-order valence-corrected chi connectivity index (χ1v) is 10.4. The molecule has 2 amide bonds. The molecule has 0 aliphatic carbocycles. The molecule has 3 aromatic heterocycles. The molecule has 0 atom stereocenters. The number of anilines is 1. The predicted molar refractivity (Wildman–Crippen MR) is 120 cm³/mol. The number of imide groups is 1. The second kappa shape index (κ2) is 8.62. The van der Waals surface area contributed by atoms with Crippen LogP contribution in [0.25, 0.3) is 0 Å². The summed E-state index contributed by atoms with van der Waals surface area (Å²) in [6.07, 6.45) is 0. The van der Waals surface area contributed by atoms with Crippen molar-refractivity contribution in [2.75, 3.05) is 4.90 Å². The van der Waals surface area contributed by atoms with E-state index in [0.717, 1.165) is 10.6 Å². The first kappa shape index (κ1) is 21.1. The number of aromatic nitrogens is 6. The van der Waals surface area contributed by atoms with E-state index in [1.165, 1.54) is 4.68 Å². The van der Waals surface area contributed by atoms with E-state index in [2.05, 4.69) is 30.6 Å². The molecular weight excluding hydrogens is 436 g/mol. The fraction of sp³-hybridized carbons (Fsp3) is 0.130. The Morgan fingerprint density at radius 3 is 2.32 bits per heavy atom. The summed E-state index contributed by atoms with van der Waals surface area (Å²) in [6.45, 7) is 3.58. The third-order valence-corrected chi connectivity index (χ3v) is 5.12. The molecule has 34 heavy (non-hydrogen) atoms. The van der Waals surface area contributed by atoms with Crippen molar-refractivity contribution in [2.24, 2.45) is 5.16 Å². The second-order valence-corrected chi connectivity index (χ2v) is 7.47. The van der Waals surface area contributed by atoms with Gasteiger partial charge in [0.05, 0.1) is 16.8 Å². The van der Waals surface area contributed by atoms with Gasteiger partial charge in [-0.05, 0) is 60.7 Å². The largest absolute Gasteiger partial charge is 0.387 e. The Labute approximate surface area is 193 Å². The Hall–Kier alpha value is -4.80. The number of carbonyl (C=O) groups is 2. The lowest BCUT2D eigenvalue weighted by Crippen LogP contribution is -2.30. The van der Waals surface area contributed by atoms with Crippen molar-refractivity contribution >= 4 is 23.5 Å². The minimum absolute atomic E-state index is 0.0203. The van der Waals surface area contributed by atoms with Gasteiger partial charge in [-0.3, -0.25) is 9.59 Å². The molecule has 0 spiro atoms. The Morgan fingerprint density at radius 2 is 1.65 bits per heavy atom. The molecule has 1 aliphatic rings. The van der Waals surface area contributed by atoms with Crippen molar-refractivity contribution in [3.63, 3.8) is 0 Å². The summed E-state index contributed by atoms with van der Waals surface area (Å²) in [4.78, 5) is 41.0. The summed E-state index contributed by atoms with van der Waals surface area (Å²) in [5, 5.41) is 15.7. The van der Waals surface area contributed by atoms with E-state index >= 15 is 0 Å². The van der Waals surface area contributed by atoms with Crippen LogP contribution in [0, 0.1) is 13.8 Å². The Bertz CT molecular complexity index is 1410. The van der Waals surface area contributed by atoms with Gasteiger partial charge in [0.15, 0.2) is 12.4 Å². The van der Waals surface area contributed by atoms with Crippen LogP contribution in [0.3, 0.4) is 0 Å². The molecule has 1 aromatic carbocycles. The maximum Gasteiger partial charge on any atom is 0.267 e. The minimum atomic E-state index is -0.411. The van der Waals surface area contributed by atoms with E-state index in [1.807, 2.05) is 19.1 Å². The lowest BCUT2D eigenvalue weighted by atomic mass is 10.1. The van der Waals surface area contributed by atoms with E-state index in [4.69, 9.17) is 4.84 Å². The Morgan fingerprint density at radius 1 is 0.912 bits per heavy atom. The van der Waals surface area contributed by atoms with E-state index in [1.54, 1.807) is 55.5 Å². The van der Waals surface area contributed by atoms with Crippen molar-refractivity contribution in [2.45, 2.75) is 20.5 Å². The van der Waals surface area contributed by atoms with Crippen molar-refractivity contribution in [1.82, 2.24) is 30.2 Å². The summed E-state index contributed by atoms with van der Waals surface area (Å²) < 4.78 is 1.42. The molecule has 168 valence electrons. The highest BCUT2D eigenvalue weighted by Gasteiger charge is 2.37. The van der Waals surface area contributed by atoms with Crippen LogP contribution in [0.2, 0.25) is 0 Å². The van der Waals surface area contributed by atoms with Crippen LogP contribution in [-0.2, 0) is 11.4 Å². The smallest absolute Gasteiger partial charge is 0.267 e. The zero-order valence-corrected chi connectivity index (χ0v) is 18.3. The van der Waals surface area contributed by atoms with Gasteiger partial charge in [0, 0.05) is 5.69 Å². The summed E-state index contributed by atoms with van der Waals surface area (Å²) in [7, 11) is 0. The lowest BCUT2D eigenvalue weighted by Gasteiger charge is -2.13. The van der Waals surface area contributed by atoms with Crippen LogP contribution in [0.15, 0.2) is 65.8 Å². The quantitative estimate of drug-likeness (QED) is 0.194. The van der Waals surface area contributed by atoms with Crippen LogP contribution in [0.4, 0.5) is 5.82 Å². The van der Waals surface area contributed by atoms with Gasteiger partial charge < -0.3 is 4.84 Å². The zero-order valence-electron chi connectivity index (χ0n) is 18.3. The summed E-state index contributed by atoms with van der Waals surface area (Å²) in [5.74, 6) is 0.213. The molecule has 0 bridgehead atoms. The number of nitrogens with zero attached hydrogens (tertiary/aromatic N) is 8. The van der Waals surface area contributed by atoms with Crippen molar-refractivity contribution in [3.05, 3.63) is 94.7 Å². The molecular formula is C23H18N8O3. The van der Waals surface area contributed by atoms with Gasteiger partial charge in [0.1, 0.15) is 11.5 Å². The maximum absolute atomic E-state index is 12.8. The fourth-order valence-electron chi connectivity index (χ4n) is 3.52. The molecule has 11 nitrogen and oxygen atoms in total. The fourth-order valence-corrected chi connectivity index (χ4v) is 3.52. The monoisotopic (exact) mass is 454 g/mol. The third kappa shape index (κ3) is 3.79. The van der Waals surface area contributed by atoms with Crippen LogP contribution < -0.4 is 4.90 Å². The first-order chi connectivity index (χ1) is 16.5. The van der Waals surface area contributed by atoms with Crippen molar-refractivity contribution < 1.29 is 14.4 Å². The minimum Gasteiger partial charge on any atom is -0.387 e. The number of oxime groups is 1. The van der Waals surface area contributed by atoms with Crippen LogP contribution in [0.1, 0.15) is 43.6 Å². The van der Waals surface area contributed by atoms with E-state index < -0.39 is 11.8 Å². The Kier molecular flexibility index (Phi) is 5.34. The number of hydrogen-bond acceptors (Lipinski definition) is 9. The molecule has 1 aliphatic heterocycles. The average molecular weight is 454 g/mol. The topological polar surface area (TPSA) is 128 Å². The molecule has 0 fully saturated rings. The highest BCUT2D eigenvalue weighted by atomic mass is 16.6. The summed E-state index contributed by atoms with van der Waals surface area (Å²) in [6, 6.07) is 17.2. The average Bonchev–Trinajstić information content (AvgIpc) is 3.37. The van der Waals surface area contributed by atoms with E-state index in [0.29, 0.717) is 34.2 Å². The molecule has 0 N–H and O–H groups in total. The molecule has 0 saturated carbocycles. The third-order valence-electron chi connectivity index (χ3n) is 5.12. The molecule has 4 heterocycles. The predicted octanol–water partition coefficient (Wildman–Crippen LogP) is 2.31. The standard InChI is InChI=1S/C23H18N8O3/c1-14-7-5-11-19(24-14)21(31-15(2)26-28-29-31)27-34-13-16-8-6-12-20(25-16)30-22(32)17-9-3-4-10-18(17)23(30)33/h3-12H,13H2,1-2H3/b27-21+. The van der Waals surface area contributed by atoms with Gasteiger partial charge >= 0.3 is 0 Å². The number of aryl methyl sites for hydroxylation is 2. The molecule has 0 radical (unpaired) electrons. The first-order valence-electron chi connectivity index (χ1n) is 10.4. The zero-order chi connectivity index (χ0) is 23.7. The normalized spacial score (nSPS) is 13.4. The van der Waals surface area contributed by atoms with Crippen molar-refractivity contribution in [3.8, 4) is 0 Å². The number of fused-ring (bicyclic) bond motifs is 1. The molecule has 4 aromatic rings. The van der Waals surface area contributed by atoms with Gasteiger partial charge in [0.25, 0.3) is 11.8 Å². The van der Waals surface area contributed by atoms with Crippen molar-refractivity contribution in [1.29, 1.82) is 0 Å². The lowest BCUT2D eigenvalue weighted by molar-refractivity contribution is 0.0924. The number of tetrazole rings is 1. The highest BCUT2D eigenvalue weighted by molar-refractivity contribution is 6.34. The van der Waals surface area contributed by atoms with Gasteiger partial charge in [-0.2, -0.15) is 4.68 Å². The molecule has 11 heteroatoms. The number of amides is 2. The molecule has 0 unspecified atom stereocenters. The molecule has 0 saturated heterocycles. The van der Waals surface area contributed by atoms with Gasteiger partial charge in [-0.15, -0.1) is 5.10 Å². The van der Waals surface area contributed by atoms with E-state index in [-0.39, 0.29) is 12.4 Å². The summed E-state index contributed by atoms with van der Waals surface area (Å²) >= 11 is 0. The number of rotatable bonds is 5. The number of carbonyl (C=O) groups excluding carboxylic acids is 2. The van der Waals surface area contributed by atoms with Gasteiger partial charge in [-0.25, -0.2) is 14.9 Å². The van der Waals surface area contributed by atoms with Crippen LogP contribution >= 0.6 is 0 Å². The Balaban J connectivity index is 1.39. The number of pyridine rings is 2. The number of benzene rings is 1. The molecule has 5 rings (SSSR count). The second-order valence-electron chi connectivity index (χ2n) is 7.47. The van der Waals surface area contributed by atoms with E-state index in [9.17, 15) is 9.59 Å². The highest BCUT2D eigenvalue weighted by Crippen LogP contribution is 2.27.